The van der Waals surface area contributed by atoms with Gasteiger partial charge in [-0.15, -0.1) is 0 Å². The van der Waals surface area contributed by atoms with Crippen molar-refractivity contribution >= 4 is 27.7 Å². The van der Waals surface area contributed by atoms with Crippen molar-refractivity contribution in [3.63, 3.8) is 0 Å². The highest BCUT2D eigenvalue weighted by atomic mass is 79.9. The summed E-state index contributed by atoms with van der Waals surface area (Å²) < 4.78 is 6.39. The second-order valence-electron chi connectivity index (χ2n) is 5.17. The molecule has 2 aromatic carbocycles. The maximum absolute atomic E-state index is 12.8. The van der Waals surface area contributed by atoms with Crippen LogP contribution in [0.25, 0.3) is 0 Å². The topological polar surface area (TPSA) is 60.0 Å². The lowest BCUT2D eigenvalue weighted by molar-refractivity contribution is -0.657. The van der Waals surface area contributed by atoms with E-state index in [0.717, 1.165) is 10.0 Å². The van der Waals surface area contributed by atoms with Gasteiger partial charge in [0.05, 0.1) is 7.05 Å². The highest BCUT2D eigenvalue weighted by Gasteiger charge is 2.35. The smallest absolute Gasteiger partial charge is 0.303 e. The molecule has 0 fully saturated rings. The molecular weight excluding hydrogens is 358 g/mol. The van der Waals surface area contributed by atoms with Gasteiger partial charge in [-0.1, -0.05) is 58.4 Å². The highest BCUT2D eigenvalue weighted by molar-refractivity contribution is 9.10. The van der Waals surface area contributed by atoms with Crippen LogP contribution in [-0.4, -0.2) is 24.8 Å². The second kappa shape index (κ2) is 8.04. The Balaban J connectivity index is 2.37. The first-order chi connectivity index (χ1) is 11.0. The van der Waals surface area contributed by atoms with Crippen molar-refractivity contribution in [2.24, 2.45) is 0 Å². The van der Waals surface area contributed by atoms with E-state index in [2.05, 4.69) is 15.9 Å². The minimum atomic E-state index is -0.640. The first kappa shape index (κ1) is 17.4. The predicted octanol–water partition coefficient (Wildman–Crippen LogP) is 2.50. The van der Waals surface area contributed by atoms with Crippen LogP contribution in [0.1, 0.15) is 28.9 Å². The van der Waals surface area contributed by atoms with Crippen LogP contribution in [0.2, 0.25) is 0 Å². The fourth-order valence-electron chi connectivity index (χ4n) is 2.44. The second-order valence-corrected chi connectivity index (χ2v) is 6.09. The van der Waals surface area contributed by atoms with Crippen molar-refractivity contribution in [1.29, 1.82) is 0 Å². The first-order valence-corrected chi connectivity index (χ1v) is 8.13. The van der Waals surface area contributed by atoms with Gasteiger partial charge in [-0.2, -0.15) is 0 Å². The molecule has 0 heterocycles. The maximum Gasteiger partial charge on any atom is 0.303 e. The van der Waals surface area contributed by atoms with Crippen molar-refractivity contribution in [3.8, 4) is 0 Å². The molecule has 2 atom stereocenters. The zero-order valence-corrected chi connectivity index (χ0v) is 14.6. The van der Waals surface area contributed by atoms with Gasteiger partial charge in [-0.25, -0.2) is 0 Å². The Morgan fingerprint density at radius 2 is 1.65 bits per heavy atom. The molecule has 0 radical (unpaired) electrons. The van der Waals surface area contributed by atoms with Crippen LogP contribution in [0.5, 0.6) is 0 Å². The number of likely N-dealkylation sites (N-methyl/N-ethyl adjacent to an activating group) is 1. The molecule has 2 N–H and O–H groups in total. The lowest BCUT2D eigenvalue weighted by Crippen LogP contribution is -2.89. The molecule has 0 aliphatic heterocycles. The molecule has 2 aromatic rings. The molecule has 0 aliphatic rings. The number of hydrogen-bond acceptors (Lipinski definition) is 3. The summed E-state index contributed by atoms with van der Waals surface area (Å²) in [6, 6.07) is 15.9. The van der Waals surface area contributed by atoms with Crippen LogP contribution in [0.4, 0.5) is 0 Å². The van der Waals surface area contributed by atoms with Crippen LogP contribution >= 0.6 is 15.9 Å². The number of carbonyl (C=O) groups is 2. The first-order valence-electron chi connectivity index (χ1n) is 7.34. The van der Waals surface area contributed by atoms with Crippen molar-refractivity contribution in [2.75, 3.05) is 7.05 Å². The average Bonchev–Trinajstić information content (AvgIpc) is 2.55. The number of quaternary nitrogens is 1. The minimum absolute atomic E-state index is 0.0673. The Labute approximate surface area is 144 Å². The Morgan fingerprint density at radius 1 is 1.04 bits per heavy atom. The molecule has 0 unspecified atom stereocenters. The highest BCUT2D eigenvalue weighted by Crippen LogP contribution is 2.24. The molecule has 2 rings (SSSR count). The maximum atomic E-state index is 12.8. The van der Waals surface area contributed by atoms with Gasteiger partial charge >= 0.3 is 5.97 Å². The number of hydrogen-bond donors (Lipinski definition) is 1. The summed E-state index contributed by atoms with van der Waals surface area (Å²) in [6.45, 7) is 1.35. The summed E-state index contributed by atoms with van der Waals surface area (Å²) in [5, 5.41) is 1.78. The predicted molar refractivity (Wildman–Crippen MR) is 91.1 cm³/mol. The molecule has 0 aliphatic carbocycles. The standard InChI is InChI=1S/C18H18BrNO3/c1-12(21)23-18(14-8-10-15(19)11-9-14)16(20-2)17(22)13-6-4-3-5-7-13/h3-11,16,18,20H,1-2H3/p+1/t16-,18-/m0/s1. The van der Waals surface area contributed by atoms with E-state index in [1.807, 2.05) is 42.5 Å². The van der Waals surface area contributed by atoms with Gasteiger partial charge in [0.2, 0.25) is 5.78 Å². The van der Waals surface area contributed by atoms with E-state index >= 15 is 0 Å². The molecule has 0 aromatic heterocycles. The monoisotopic (exact) mass is 376 g/mol. The molecular formula is C18H19BrNO3+. The Bertz CT molecular complexity index is 670. The summed E-state index contributed by atoms with van der Waals surface area (Å²) in [6.07, 6.45) is -0.640. The van der Waals surface area contributed by atoms with Crippen molar-refractivity contribution in [3.05, 3.63) is 70.2 Å². The lowest BCUT2D eigenvalue weighted by Gasteiger charge is -2.23. The summed E-state index contributed by atoms with van der Waals surface area (Å²) in [4.78, 5) is 24.3. The molecule has 0 bridgehead atoms. The van der Waals surface area contributed by atoms with Gasteiger partial charge in [0, 0.05) is 17.0 Å². The van der Waals surface area contributed by atoms with Crippen LogP contribution in [-0.2, 0) is 9.53 Å². The van der Waals surface area contributed by atoms with E-state index < -0.39 is 18.1 Å². The van der Waals surface area contributed by atoms with Crippen molar-refractivity contribution < 1.29 is 19.6 Å². The number of nitrogens with two attached hydrogens (primary N) is 1. The Kier molecular flexibility index (Phi) is 6.07. The molecule has 0 spiro atoms. The third kappa shape index (κ3) is 4.50. The van der Waals surface area contributed by atoms with Gasteiger partial charge in [-0.05, 0) is 17.7 Å². The van der Waals surface area contributed by atoms with Crippen LogP contribution in [0, 0.1) is 0 Å². The average molecular weight is 377 g/mol. The number of rotatable bonds is 6. The number of esters is 1. The fourth-order valence-corrected chi connectivity index (χ4v) is 2.70. The van der Waals surface area contributed by atoms with Gasteiger partial charge in [-0.3, -0.25) is 9.59 Å². The van der Waals surface area contributed by atoms with E-state index in [4.69, 9.17) is 4.74 Å². The van der Waals surface area contributed by atoms with E-state index in [1.54, 1.807) is 24.5 Å². The molecule has 0 saturated heterocycles. The third-order valence-corrected chi connectivity index (χ3v) is 4.07. The fraction of sp³-hybridized carbons (Fsp3) is 0.222. The number of carbonyl (C=O) groups excluding carboxylic acids is 2. The van der Waals surface area contributed by atoms with E-state index in [9.17, 15) is 9.59 Å². The largest absolute Gasteiger partial charge is 0.451 e. The zero-order chi connectivity index (χ0) is 16.8. The van der Waals surface area contributed by atoms with E-state index in [-0.39, 0.29) is 5.78 Å². The quantitative estimate of drug-likeness (QED) is 0.622. The normalized spacial score (nSPS) is 13.2. The van der Waals surface area contributed by atoms with Gasteiger partial charge < -0.3 is 10.1 Å². The molecule has 0 amide bonds. The van der Waals surface area contributed by atoms with Gasteiger partial charge in [0.1, 0.15) is 0 Å². The number of ether oxygens (including phenoxy) is 1. The molecule has 120 valence electrons. The zero-order valence-electron chi connectivity index (χ0n) is 13.0. The van der Waals surface area contributed by atoms with Crippen LogP contribution in [0.15, 0.2) is 59.1 Å². The van der Waals surface area contributed by atoms with Crippen molar-refractivity contribution in [1.82, 2.24) is 0 Å². The van der Waals surface area contributed by atoms with Crippen molar-refractivity contribution in [2.45, 2.75) is 19.1 Å². The summed E-state index contributed by atoms with van der Waals surface area (Å²) in [7, 11) is 1.81. The van der Waals surface area contributed by atoms with Gasteiger partial charge in [0.25, 0.3) is 0 Å². The summed E-state index contributed by atoms with van der Waals surface area (Å²) in [5.74, 6) is -0.479. The van der Waals surface area contributed by atoms with Gasteiger partial charge in [0.15, 0.2) is 12.1 Å². The Morgan fingerprint density at radius 3 is 2.17 bits per heavy atom. The lowest BCUT2D eigenvalue weighted by atomic mass is 9.95. The van der Waals surface area contributed by atoms with E-state index in [0.29, 0.717) is 5.56 Å². The number of benzene rings is 2. The van der Waals surface area contributed by atoms with Crippen LogP contribution in [0.3, 0.4) is 0 Å². The molecule has 5 heteroatoms. The van der Waals surface area contributed by atoms with E-state index in [1.165, 1.54) is 6.92 Å². The Hall–Kier alpha value is -1.98. The van der Waals surface area contributed by atoms with Crippen LogP contribution < -0.4 is 5.32 Å². The SMILES string of the molecule is C[NH2+][C@@H](C(=O)c1ccccc1)[C@@H](OC(C)=O)c1ccc(Br)cc1. The third-order valence-electron chi connectivity index (χ3n) is 3.54. The minimum Gasteiger partial charge on any atom is -0.451 e. The molecule has 0 saturated carbocycles. The summed E-state index contributed by atoms with van der Waals surface area (Å²) >= 11 is 3.38. The number of halogens is 1. The molecule has 23 heavy (non-hydrogen) atoms. The number of ketones is 1. The molecule has 4 nitrogen and oxygen atoms in total. The number of Topliss-reactive ketones (excluding diaryl/α,β-unsaturated/α-hetero) is 1. The summed E-state index contributed by atoms with van der Waals surface area (Å²) in [5.41, 5.74) is 1.39.